The van der Waals surface area contributed by atoms with E-state index in [0.717, 1.165) is 5.01 Å². The van der Waals surface area contributed by atoms with Gasteiger partial charge in [0, 0.05) is 11.8 Å². The van der Waals surface area contributed by atoms with Gasteiger partial charge in [-0.1, -0.05) is 66.7 Å². The van der Waals surface area contributed by atoms with Crippen molar-refractivity contribution >= 4 is 11.3 Å². The van der Waals surface area contributed by atoms with Crippen LogP contribution in [0.3, 0.4) is 0 Å². The molecule has 0 amide bonds. The van der Waals surface area contributed by atoms with Gasteiger partial charge in [0.15, 0.2) is 0 Å². The Labute approximate surface area is 159 Å². The molecule has 0 saturated carbocycles. The van der Waals surface area contributed by atoms with Crippen LogP contribution >= 0.6 is 11.3 Å². The molecule has 1 heterocycles. The Bertz CT molecular complexity index is 1040. The average molecular weight is 356 g/mol. The van der Waals surface area contributed by atoms with Gasteiger partial charge in [0.1, 0.15) is 5.01 Å². The van der Waals surface area contributed by atoms with E-state index in [9.17, 15) is 0 Å². The summed E-state index contributed by atoms with van der Waals surface area (Å²) in [5.41, 5.74) is 8.92. The third kappa shape index (κ3) is 3.09. The van der Waals surface area contributed by atoms with E-state index in [1.165, 1.54) is 43.8 Å². The van der Waals surface area contributed by atoms with E-state index < -0.39 is 0 Å². The van der Waals surface area contributed by atoms with E-state index in [2.05, 4.69) is 87.5 Å². The van der Waals surface area contributed by atoms with E-state index in [0.29, 0.717) is 0 Å². The van der Waals surface area contributed by atoms with Gasteiger partial charge in [-0.05, 0) is 54.2 Å². The standard InChI is InChI=1S/C24H21NS/c1-16-9-7-8-12-21(16)24-25-15-22(26-24)23-17(2)13-20(14-18(23)3)19-10-5-4-6-11-19/h4-15H,1-3H3. The van der Waals surface area contributed by atoms with Crippen LogP contribution in [-0.4, -0.2) is 4.98 Å². The van der Waals surface area contributed by atoms with Crippen LogP contribution in [0.4, 0.5) is 0 Å². The first-order chi connectivity index (χ1) is 12.6. The molecule has 0 spiro atoms. The van der Waals surface area contributed by atoms with Gasteiger partial charge < -0.3 is 0 Å². The van der Waals surface area contributed by atoms with Crippen LogP contribution in [0.25, 0.3) is 32.1 Å². The van der Waals surface area contributed by atoms with Crippen LogP contribution < -0.4 is 0 Å². The summed E-state index contributed by atoms with van der Waals surface area (Å²) in [6, 6.07) is 23.6. The summed E-state index contributed by atoms with van der Waals surface area (Å²) < 4.78 is 0. The predicted octanol–water partition coefficient (Wildman–Crippen LogP) is 7.07. The highest BCUT2D eigenvalue weighted by Crippen LogP contribution is 2.38. The van der Waals surface area contributed by atoms with Gasteiger partial charge in [0.2, 0.25) is 0 Å². The molecule has 0 aliphatic heterocycles. The molecule has 0 N–H and O–H groups in total. The zero-order chi connectivity index (χ0) is 18.1. The normalized spacial score (nSPS) is 10.9. The SMILES string of the molecule is Cc1ccccc1-c1ncc(-c2c(C)cc(-c3ccccc3)cc2C)s1. The molecule has 2 heteroatoms. The van der Waals surface area contributed by atoms with Gasteiger partial charge in [0.05, 0.1) is 4.88 Å². The van der Waals surface area contributed by atoms with Crippen molar-refractivity contribution in [3.8, 4) is 32.1 Å². The molecule has 3 aromatic carbocycles. The molecular formula is C24H21NS. The van der Waals surface area contributed by atoms with Gasteiger partial charge >= 0.3 is 0 Å². The minimum atomic E-state index is 1.09. The van der Waals surface area contributed by atoms with Crippen LogP contribution in [0.15, 0.2) is 72.9 Å². The summed E-state index contributed by atoms with van der Waals surface area (Å²) in [6.45, 7) is 6.53. The third-order valence-electron chi connectivity index (χ3n) is 4.77. The number of aromatic nitrogens is 1. The average Bonchev–Trinajstić information content (AvgIpc) is 3.11. The second-order valence-corrected chi connectivity index (χ2v) is 7.73. The number of hydrogen-bond acceptors (Lipinski definition) is 2. The van der Waals surface area contributed by atoms with Crippen molar-refractivity contribution in [1.29, 1.82) is 0 Å². The maximum Gasteiger partial charge on any atom is 0.124 e. The summed E-state index contributed by atoms with van der Waals surface area (Å²) >= 11 is 1.77. The zero-order valence-corrected chi connectivity index (χ0v) is 16.1. The highest BCUT2D eigenvalue weighted by molar-refractivity contribution is 7.18. The Hall–Kier alpha value is -2.71. The topological polar surface area (TPSA) is 12.9 Å². The van der Waals surface area contributed by atoms with Crippen LogP contribution in [0.5, 0.6) is 0 Å². The van der Waals surface area contributed by atoms with Crippen LogP contribution in [0.1, 0.15) is 16.7 Å². The second-order valence-electron chi connectivity index (χ2n) is 6.70. The lowest BCUT2D eigenvalue weighted by atomic mass is 9.95. The van der Waals surface area contributed by atoms with E-state index in [1.54, 1.807) is 11.3 Å². The van der Waals surface area contributed by atoms with Crippen molar-refractivity contribution in [3.63, 3.8) is 0 Å². The van der Waals surface area contributed by atoms with Crippen molar-refractivity contribution in [2.24, 2.45) is 0 Å². The third-order valence-corrected chi connectivity index (χ3v) is 5.82. The number of benzene rings is 3. The van der Waals surface area contributed by atoms with Crippen molar-refractivity contribution in [1.82, 2.24) is 4.98 Å². The van der Waals surface area contributed by atoms with E-state index in [4.69, 9.17) is 4.98 Å². The molecule has 0 aliphatic rings. The van der Waals surface area contributed by atoms with Crippen LogP contribution in [0, 0.1) is 20.8 Å². The molecular weight excluding hydrogens is 334 g/mol. The maximum absolute atomic E-state index is 4.70. The Morgan fingerprint density at radius 3 is 2.04 bits per heavy atom. The highest BCUT2D eigenvalue weighted by atomic mass is 32.1. The number of hydrogen-bond donors (Lipinski definition) is 0. The number of nitrogens with zero attached hydrogens (tertiary/aromatic N) is 1. The van der Waals surface area contributed by atoms with E-state index >= 15 is 0 Å². The van der Waals surface area contributed by atoms with Crippen LogP contribution in [-0.2, 0) is 0 Å². The smallest absolute Gasteiger partial charge is 0.124 e. The fraction of sp³-hybridized carbons (Fsp3) is 0.125. The molecule has 0 saturated heterocycles. The zero-order valence-electron chi connectivity index (χ0n) is 15.3. The molecule has 0 aliphatic carbocycles. The monoisotopic (exact) mass is 355 g/mol. The second kappa shape index (κ2) is 6.89. The lowest BCUT2D eigenvalue weighted by Gasteiger charge is -2.11. The minimum Gasteiger partial charge on any atom is -0.244 e. The Kier molecular flexibility index (Phi) is 4.44. The Morgan fingerprint density at radius 1 is 0.692 bits per heavy atom. The van der Waals surface area contributed by atoms with Gasteiger partial charge in [0.25, 0.3) is 0 Å². The summed E-state index contributed by atoms with van der Waals surface area (Å²) in [6.07, 6.45) is 2.02. The quantitative estimate of drug-likeness (QED) is 0.383. The molecule has 0 atom stereocenters. The fourth-order valence-electron chi connectivity index (χ4n) is 3.48. The maximum atomic E-state index is 4.70. The van der Waals surface area contributed by atoms with Gasteiger partial charge in [-0.15, -0.1) is 11.3 Å². The summed E-state index contributed by atoms with van der Waals surface area (Å²) in [5, 5.41) is 1.09. The first kappa shape index (κ1) is 16.7. The molecule has 4 rings (SSSR count). The number of rotatable bonds is 3. The first-order valence-electron chi connectivity index (χ1n) is 8.82. The van der Waals surface area contributed by atoms with Crippen molar-refractivity contribution in [2.75, 3.05) is 0 Å². The van der Waals surface area contributed by atoms with Crippen LogP contribution in [0.2, 0.25) is 0 Å². The first-order valence-corrected chi connectivity index (χ1v) is 9.64. The molecule has 0 radical (unpaired) electrons. The summed E-state index contributed by atoms with van der Waals surface area (Å²) in [5.74, 6) is 0. The molecule has 26 heavy (non-hydrogen) atoms. The molecule has 1 nitrogen and oxygen atoms in total. The van der Waals surface area contributed by atoms with Crippen molar-refractivity contribution in [2.45, 2.75) is 20.8 Å². The number of thiazole rings is 1. The molecule has 0 bridgehead atoms. The predicted molar refractivity (Wildman–Crippen MR) is 113 cm³/mol. The van der Waals surface area contributed by atoms with E-state index in [1.807, 2.05) is 6.20 Å². The van der Waals surface area contributed by atoms with Gasteiger partial charge in [-0.3, -0.25) is 0 Å². The minimum absolute atomic E-state index is 1.09. The lowest BCUT2D eigenvalue weighted by Crippen LogP contribution is -1.88. The van der Waals surface area contributed by atoms with Crippen molar-refractivity contribution < 1.29 is 0 Å². The van der Waals surface area contributed by atoms with Crippen molar-refractivity contribution in [3.05, 3.63) is 89.6 Å². The molecule has 128 valence electrons. The molecule has 0 fully saturated rings. The summed E-state index contributed by atoms with van der Waals surface area (Å²) in [7, 11) is 0. The number of aryl methyl sites for hydroxylation is 3. The largest absolute Gasteiger partial charge is 0.244 e. The summed E-state index contributed by atoms with van der Waals surface area (Å²) in [4.78, 5) is 5.94. The fourth-order valence-corrected chi connectivity index (χ4v) is 4.66. The lowest BCUT2D eigenvalue weighted by molar-refractivity contribution is 1.36. The van der Waals surface area contributed by atoms with Gasteiger partial charge in [-0.25, -0.2) is 4.98 Å². The van der Waals surface area contributed by atoms with E-state index in [-0.39, 0.29) is 0 Å². The molecule has 4 aromatic rings. The highest BCUT2D eigenvalue weighted by Gasteiger charge is 2.13. The molecule has 1 aromatic heterocycles. The van der Waals surface area contributed by atoms with Gasteiger partial charge in [-0.2, -0.15) is 0 Å². The Balaban J connectivity index is 1.77. The molecule has 0 unspecified atom stereocenters. The Morgan fingerprint density at radius 2 is 1.35 bits per heavy atom.